The fourth-order valence-electron chi connectivity index (χ4n) is 5.08. The van der Waals surface area contributed by atoms with Gasteiger partial charge < -0.3 is 20.1 Å². The van der Waals surface area contributed by atoms with Gasteiger partial charge in [-0.25, -0.2) is 8.42 Å². The van der Waals surface area contributed by atoms with E-state index in [0.29, 0.717) is 54.2 Å². The Morgan fingerprint density at radius 2 is 1.85 bits per heavy atom. The Labute approximate surface area is 236 Å². The number of rotatable bonds is 9. The summed E-state index contributed by atoms with van der Waals surface area (Å²) in [7, 11) is -4.37. The monoisotopic (exact) mass is 613 g/mol. The van der Waals surface area contributed by atoms with Gasteiger partial charge in [0.2, 0.25) is 11.7 Å². The predicted molar refractivity (Wildman–Crippen MR) is 139 cm³/mol. The number of sulfonamides is 1. The van der Waals surface area contributed by atoms with E-state index in [0.717, 1.165) is 6.07 Å². The fraction of sp³-hybridized carbons (Fsp3) is 0.423. The van der Waals surface area contributed by atoms with Crippen LogP contribution in [0.3, 0.4) is 0 Å². The van der Waals surface area contributed by atoms with Crippen LogP contribution in [0.5, 0.6) is 0 Å². The molecule has 41 heavy (non-hydrogen) atoms. The molecule has 3 aromatic rings. The van der Waals surface area contributed by atoms with E-state index in [4.69, 9.17) is 0 Å². The molecule has 0 bridgehead atoms. The van der Waals surface area contributed by atoms with Gasteiger partial charge in [-0.2, -0.15) is 17.9 Å². The van der Waals surface area contributed by atoms with Crippen molar-refractivity contribution in [2.45, 2.75) is 72.5 Å². The number of aliphatic hydroxyl groups excluding tert-OH is 1. The number of halogens is 3. The zero-order valence-electron chi connectivity index (χ0n) is 21.3. The number of nitrogens with one attached hydrogen (secondary N) is 2. The Morgan fingerprint density at radius 1 is 1.12 bits per heavy atom. The number of hydrogen-bond acceptors (Lipinski definition) is 8. The SMILES string of the molecule is O=C(Cc1cccc(C2CC2(NS(=O)(=O)c2ccc(-c3cc(C(F)(F)F)on3)s2)C(=O)O)c1)NC1CCC(O)CC1. The zero-order chi connectivity index (χ0) is 29.6. The molecule has 10 nitrogen and oxygen atoms in total. The van der Waals surface area contributed by atoms with Gasteiger partial charge in [-0.3, -0.25) is 9.59 Å². The number of aliphatic carboxylic acids is 1. The Bertz CT molecular complexity index is 1560. The number of aliphatic hydroxyl groups is 1. The van der Waals surface area contributed by atoms with Gasteiger partial charge in [-0.1, -0.05) is 29.4 Å². The Morgan fingerprint density at radius 3 is 2.51 bits per heavy atom. The van der Waals surface area contributed by atoms with E-state index in [1.165, 1.54) is 6.07 Å². The van der Waals surface area contributed by atoms with Gasteiger partial charge >= 0.3 is 12.1 Å². The van der Waals surface area contributed by atoms with Crippen molar-refractivity contribution in [2.24, 2.45) is 0 Å². The smallest absolute Gasteiger partial charge is 0.452 e. The number of thiophene rings is 1. The molecule has 2 aromatic heterocycles. The number of carbonyl (C=O) groups is 2. The second-order valence-corrected chi connectivity index (χ2v) is 13.3. The van der Waals surface area contributed by atoms with Crippen LogP contribution < -0.4 is 10.0 Å². The first-order chi connectivity index (χ1) is 19.3. The van der Waals surface area contributed by atoms with E-state index in [2.05, 4.69) is 19.7 Å². The third-order valence-electron chi connectivity index (χ3n) is 7.33. The molecule has 1 aromatic carbocycles. The maximum atomic E-state index is 13.1. The molecule has 220 valence electrons. The molecule has 2 aliphatic carbocycles. The highest BCUT2D eigenvalue weighted by atomic mass is 32.2. The maximum absolute atomic E-state index is 13.1. The Kier molecular flexibility index (Phi) is 7.74. The average molecular weight is 614 g/mol. The van der Waals surface area contributed by atoms with E-state index >= 15 is 0 Å². The predicted octanol–water partition coefficient (Wildman–Crippen LogP) is 3.67. The van der Waals surface area contributed by atoms with Crippen molar-refractivity contribution in [3.63, 3.8) is 0 Å². The van der Waals surface area contributed by atoms with Gasteiger partial charge in [0, 0.05) is 18.0 Å². The van der Waals surface area contributed by atoms with Crippen molar-refractivity contribution in [2.75, 3.05) is 0 Å². The van der Waals surface area contributed by atoms with E-state index in [-0.39, 0.29) is 45.7 Å². The maximum Gasteiger partial charge on any atom is 0.452 e. The van der Waals surface area contributed by atoms with E-state index in [1.54, 1.807) is 24.3 Å². The quantitative estimate of drug-likeness (QED) is 0.285. The van der Waals surface area contributed by atoms with Gasteiger partial charge in [-0.05, 0) is 55.4 Å². The van der Waals surface area contributed by atoms with Crippen LogP contribution in [-0.2, 0) is 32.2 Å². The number of aromatic nitrogens is 1. The van der Waals surface area contributed by atoms with Gasteiger partial charge in [0.25, 0.3) is 10.0 Å². The minimum atomic E-state index is -4.76. The standard InChI is InChI=1S/C26H26F3N3O7S2/c27-26(28,29)21-12-19(31-39-21)20-8-9-23(40-20)41(37,38)32-25(24(35)36)13-18(25)15-3-1-2-14(10-15)11-22(34)30-16-4-6-17(33)7-5-16/h1-3,8-10,12,16-18,32-33H,4-7,11,13H2,(H,30,34)(H,35,36). The molecule has 0 spiro atoms. The second-order valence-electron chi connectivity index (χ2n) is 10.3. The number of nitrogens with zero attached hydrogens (tertiary/aromatic N) is 1. The summed E-state index contributed by atoms with van der Waals surface area (Å²) >= 11 is 0.626. The van der Waals surface area contributed by atoms with E-state index < -0.39 is 39.4 Å². The third-order valence-corrected chi connectivity index (χ3v) is 10.4. The number of carbonyl (C=O) groups excluding carboxylic acids is 1. The van der Waals surface area contributed by atoms with E-state index in [9.17, 15) is 41.4 Å². The normalized spacial score (nSPS) is 24.6. The summed E-state index contributed by atoms with van der Waals surface area (Å²) < 4.78 is 71.1. The van der Waals surface area contributed by atoms with Crippen LogP contribution in [-0.4, -0.2) is 53.3 Å². The largest absolute Gasteiger partial charge is 0.480 e. The molecule has 2 heterocycles. The third kappa shape index (κ3) is 6.32. The zero-order valence-corrected chi connectivity index (χ0v) is 23.0. The number of carboxylic acid groups (broad SMARTS) is 1. The Balaban J connectivity index is 1.27. The number of carboxylic acids is 1. The van der Waals surface area contributed by atoms with Gasteiger partial charge in [0.1, 0.15) is 15.4 Å². The summed E-state index contributed by atoms with van der Waals surface area (Å²) in [5, 5.41) is 25.9. The number of amides is 1. The van der Waals surface area contributed by atoms with Gasteiger partial charge in [0.05, 0.1) is 17.4 Å². The van der Waals surface area contributed by atoms with Crippen LogP contribution in [0, 0.1) is 0 Å². The number of hydrogen-bond donors (Lipinski definition) is 4. The minimum absolute atomic E-state index is 0.0136. The molecule has 0 aliphatic heterocycles. The van der Waals surface area contributed by atoms with Crippen LogP contribution >= 0.6 is 11.3 Å². The molecule has 5 rings (SSSR count). The van der Waals surface area contributed by atoms with Crippen molar-refractivity contribution >= 4 is 33.2 Å². The van der Waals surface area contributed by atoms with Crippen LogP contribution in [0.1, 0.15) is 54.9 Å². The van der Waals surface area contributed by atoms with Gasteiger partial charge in [-0.15, -0.1) is 11.3 Å². The van der Waals surface area contributed by atoms with Gasteiger partial charge in [0.15, 0.2) is 0 Å². The van der Waals surface area contributed by atoms with E-state index in [1.807, 2.05) is 0 Å². The lowest BCUT2D eigenvalue weighted by Crippen LogP contribution is -2.44. The van der Waals surface area contributed by atoms with Crippen molar-refractivity contribution in [3.05, 3.63) is 59.4 Å². The summed E-state index contributed by atoms with van der Waals surface area (Å²) in [4.78, 5) is 24.9. The highest BCUT2D eigenvalue weighted by Gasteiger charge is 2.63. The summed E-state index contributed by atoms with van der Waals surface area (Å²) in [6.07, 6.45) is -2.44. The summed E-state index contributed by atoms with van der Waals surface area (Å²) in [5.74, 6) is -3.62. The van der Waals surface area contributed by atoms with Crippen molar-refractivity contribution < 1.29 is 45.9 Å². The molecule has 2 aliphatic rings. The summed E-state index contributed by atoms with van der Waals surface area (Å²) in [6, 6.07) is 9.80. The highest BCUT2D eigenvalue weighted by Crippen LogP contribution is 2.53. The molecular weight excluding hydrogens is 587 g/mol. The lowest BCUT2D eigenvalue weighted by Gasteiger charge is -2.26. The highest BCUT2D eigenvalue weighted by molar-refractivity contribution is 7.91. The molecule has 2 saturated carbocycles. The molecular formula is C26H26F3N3O7S2. The van der Waals surface area contributed by atoms with Crippen molar-refractivity contribution in [1.29, 1.82) is 0 Å². The molecule has 2 fully saturated rings. The van der Waals surface area contributed by atoms with Crippen molar-refractivity contribution in [1.82, 2.24) is 15.2 Å². The molecule has 0 saturated heterocycles. The first kappa shape index (κ1) is 29.2. The van der Waals surface area contributed by atoms with Crippen LogP contribution in [0.2, 0.25) is 0 Å². The number of alkyl halides is 3. The molecule has 2 unspecified atom stereocenters. The summed E-state index contributed by atoms with van der Waals surface area (Å²) in [6.45, 7) is 0. The Hall–Kier alpha value is -3.27. The molecule has 4 N–H and O–H groups in total. The molecule has 0 radical (unpaired) electrons. The lowest BCUT2D eigenvalue weighted by atomic mass is 9.93. The first-order valence-electron chi connectivity index (χ1n) is 12.7. The lowest BCUT2D eigenvalue weighted by molar-refractivity contribution is -0.155. The van der Waals surface area contributed by atoms with Crippen LogP contribution in [0.15, 0.2) is 51.2 Å². The molecule has 15 heteroatoms. The topological polar surface area (TPSA) is 159 Å². The fourth-order valence-corrected chi connectivity index (χ4v) is 7.74. The minimum Gasteiger partial charge on any atom is -0.480 e. The average Bonchev–Trinajstić information content (AvgIpc) is 3.24. The second kappa shape index (κ2) is 10.9. The van der Waals surface area contributed by atoms with Crippen LogP contribution in [0.4, 0.5) is 13.2 Å². The summed E-state index contributed by atoms with van der Waals surface area (Å²) in [5.41, 5.74) is -0.846. The first-order valence-corrected chi connectivity index (χ1v) is 15.0. The molecule has 2 atom stereocenters. The number of benzene rings is 1. The van der Waals surface area contributed by atoms with Crippen molar-refractivity contribution in [3.8, 4) is 10.6 Å². The molecule has 1 amide bonds. The van der Waals surface area contributed by atoms with Crippen LogP contribution in [0.25, 0.3) is 10.6 Å².